The molecule has 0 amide bonds. The zero-order chi connectivity index (χ0) is 21.4. The molecule has 2 heterocycles. The molecule has 0 spiro atoms. The SMILES string of the molecule is CCOC(=O)CCCCc1ccc(C#Cc2ccc3c(c2)C(SC)(SC)CCO3)o1. The quantitative estimate of drug-likeness (QED) is 0.228. The van der Waals surface area contributed by atoms with Gasteiger partial charge in [-0.05, 0) is 68.5 Å². The molecular formula is C24H28O4S2. The number of aryl methyl sites for hydroxylation is 1. The van der Waals surface area contributed by atoms with E-state index in [1.165, 1.54) is 5.56 Å². The highest BCUT2D eigenvalue weighted by atomic mass is 32.2. The minimum Gasteiger partial charge on any atom is -0.493 e. The first-order chi connectivity index (χ1) is 14.6. The van der Waals surface area contributed by atoms with Crippen LogP contribution in [0.5, 0.6) is 5.75 Å². The van der Waals surface area contributed by atoms with Crippen molar-refractivity contribution < 1.29 is 18.7 Å². The highest BCUT2D eigenvalue weighted by Crippen LogP contribution is 2.52. The Balaban J connectivity index is 1.62. The van der Waals surface area contributed by atoms with Crippen LogP contribution in [0.15, 0.2) is 34.7 Å². The summed E-state index contributed by atoms with van der Waals surface area (Å²) in [5, 5.41) is 0. The van der Waals surface area contributed by atoms with Crippen molar-refractivity contribution in [2.75, 3.05) is 25.7 Å². The maximum Gasteiger partial charge on any atom is 0.305 e. The zero-order valence-corrected chi connectivity index (χ0v) is 19.4. The summed E-state index contributed by atoms with van der Waals surface area (Å²) in [4.78, 5) is 11.4. The Labute approximate surface area is 187 Å². The van der Waals surface area contributed by atoms with Gasteiger partial charge in [-0.2, -0.15) is 0 Å². The number of furan rings is 1. The number of esters is 1. The smallest absolute Gasteiger partial charge is 0.305 e. The number of ether oxygens (including phenoxy) is 2. The highest BCUT2D eigenvalue weighted by molar-refractivity contribution is 8.16. The summed E-state index contributed by atoms with van der Waals surface area (Å²) >= 11 is 3.73. The van der Waals surface area contributed by atoms with Crippen molar-refractivity contribution in [1.29, 1.82) is 0 Å². The van der Waals surface area contributed by atoms with Gasteiger partial charge in [0.1, 0.15) is 11.5 Å². The van der Waals surface area contributed by atoms with Gasteiger partial charge in [-0.15, -0.1) is 23.5 Å². The first-order valence-electron chi connectivity index (χ1n) is 10.2. The lowest BCUT2D eigenvalue weighted by molar-refractivity contribution is -0.143. The molecule has 0 saturated heterocycles. The van der Waals surface area contributed by atoms with Gasteiger partial charge in [-0.3, -0.25) is 4.79 Å². The van der Waals surface area contributed by atoms with Crippen LogP contribution in [0.25, 0.3) is 0 Å². The largest absolute Gasteiger partial charge is 0.493 e. The van der Waals surface area contributed by atoms with Gasteiger partial charge in [0.05, 0.1) is 17.3 Å². The van der Waals surface area contributed by atoms with Crippen molar-refractivity contribution in [1.82, 2.24) is 0 Å². The van der Waals surface area contributed by atoms with Gasteiger partial charge in [0.25, 0.3) is 0 Å². The summed E-state index contributed by atoms with van der Waals surface area (Å²) in [6.45, 7) is 3.00. The van der Waals surface area contributed by atoms with Gasteiger partial charge in [0.15, 0.2) is 5.76 Å². The Hall–Kier alpha value is -1.97. The number of hydrogen-bond donors (Lipinski definition) is 0. The predicted octanol–water partition coefficient (Wildman–Crippen LogP) is 5.62. The Morgan fingerprint density at radius 2 is 2.00 bits per heavy atom. The van der Waals surface area contributed by atoms with E-state index in [2.05, 4.69) is 30.4 Å². The molecular weight excluding hydrogens is 416 g/mol. The number of rotatable bonds is 8. The summed E-state index contributed by atoms with van der Waals surface area (Å²) in [6.07, 6.45) is 8.22. The Bertz CT molecular complexity index is 919. The van der Waals surface area contributed by atoms with Gasteiger partial charge in [0, 0.05) is 30.4 Å². The summed E-state index contributed by atoms with van der Waals surface area (Å²) in [7, 11) is 0. The van der Waals surface area contributed by atoms with Crippen LogP contribution in [-0.4, -0.2) is 31.7 Å². The normalized spacial score (nSPS) is 14.2. The van der Waals surface area contributed by atoms with Gasteiger partial charge >= 0.3 is 5.97 Å². The van der Waals surface area contributed by atoms with E-state index in [1.54, 1.807) is 0 Å². The van der Waals surface area contributed by atoms with Crippen molar-refractivity contribution in [3.05, 3.63) is 53.0 Å². The van der Waals surface area contributed by atoms with Gasteiger partial charge in [0.2, 0.25) is 0 Å². The van der Waals surface area contributed by atoms with E-state index >= 15 is 0 Å². The zero-order valence-electron chi connectivity index (χ0n) is 17.8. The number of fused-ring (bicyclic) bond motifs is 1. The van der Waals surface area contributed by atoms with E-state index in [4.69, 9.17) is 13.9 Å². The lowest BCUT2D eigenvalue weighted by Crippen LogP contribution is -2.26. The van der Waals surface area contributed by atoms with E-state index in [-0.39, 0.29) is 10.0 Å². The fourth-order valence-corrected chi connectivity index (χ4v) is 5.48. The second-order valence-corrected chi connectivity index (χ2v) is 9.47. The number of carbonyl (C=O) groups excluding carboxylic acids is 1. The van der Waals surface area contributed by atoms with E-state index in [0.717, 1.165) is 49.4 Å². The maximum absolute atomic E-state index is 11.4. The standard InChI is InChI=1S/C24H28O4S2/c1-4-26-23(25)8-6-5-7-19-12-13-20(28-19)11-9-18-10-14-22-21(17-18)24(29-2,30-3)15-16-27-22/h10,12-14,17H,4-8,15-16H2,1-3H3. The summed E-state index contributed by atoms with van der Waals surface area (Å²) in [5.41, 5.74) is 2.17. The summed E-state index contributed by atoms with van der Waals surface area (Å²) < 4.78 is 16.7. The molecule has 0 unspecified atom stereocenters. The van der Waals surface area contributed by atoms with Gasteiger partial charge in [-0.25, -0.2) is 0 Å². The molecule has 2 aromatic rings. The number of hydrogen-bond acceptors (Lipinski definition) is 6. The lowest BCUT2D eigenvalue weighted by Gasteiger charge is -2.36. The molecule has 0 saturated carbocycles. The molecule has 1 aliphatic rings. The second kappa shape index (κ2) is 10.9. The molecule has 30 heavy (non-hydrogen) atoms. The van der Waals surface area contributed by atoms with Crippen LogP contribution in [0.3, 0.4) is 0 Å². The fraction of sp³-hybridized carbons (Fsp3) is 0.458. The summed E-state index contributed by atoms with van der Waals surface area (Å²) in [5.74, 6) is 8.73. The highest BCUT2D eigenvalue weighted by Gasteiger charge is 2.36. The third-order valence-electron chi connectivity index (χ3n) is 5.09. The van der Waals surface area contributed by atoms with Crippen LogP contribution in [0.1, 0.15) is 55.3 Å². The number of carbonyl (C=O) groups is 1. The molecule has 3 rings (SSSR count). The van der Waals surface area contributed by atoms with Crippen LogP contribution in [-0.2, 0) is 20.0 Å². The van der Waals surface area contributed by atoms with Crippen LogP contribution in [0, 0.1) is 11.8 Å². The van der Waals surface area contributed by atoms with Crippen molar-refractivity contribution >= 4 is 29.5 Å². The third-order valence-corrected chi connectivity index (χ3v) is 8.26. The van der Waals surface area contributed by atoms with Crippen LogP contribution in [0.2, 0.25) is 0 Å². The molecule has 0 bridgehead atoms. The van der Waals surface area contributed by atoms with Crippen molar-refractivity contribution in [3.63, 3.8) is 0 Å². The van der Waals surface area contributed by atoms with Crippen molar-refractivity contribution in [3.8, 4) is 17.6 Å². The van der Waals surface area contributed by atoms with Crippen molar-refractivity contribution in [2.45, 2.75) is 43.1 Å². The molecule has 4 nitrogen and oxygen atoms in total. The number of thioether (sulfide) groups is 2. The molecule has 6 heteroatoms. The van der Waals surface area contributed by atoms with Gasteiger partial charge in [-0.1, -0.05) is 5.92 Å². The number of benzene rings is 1. The van der Waals surface area contributed by atoms with Crippen molar-refractivity contribution in [2.24, 2.45) is 0 Å². The minimum absolute atomic E-state index is 0.0205. The van der Waals surface area contributed by atoms with Crippen LogP contribution < -0.4 is 4.74 Å². The van der Waals surface area contributed by atoms with E-state index < -0.39 is 0 Å². The Morgan fingerprint density at radius 3 is 2.77 bits per heavy atom. The maximum atomic E-state index is 11.4. The van der Waals surface area contributed by atoms with E-state index in [0.29, 0.717) is 18.8 Å². The lowest BCUT2D eigenvalue weighted by atomic mass is 10.0. The monoisotopic (exact) mass is 444 g/mol. The third kappa shape index (κ3) is 5.59. The van der Waals surface area contributed by atoms with Crippen LogP contribution in [0.4, 0.5) is 0 Å². The molecule has 0 atom stereocenters. The van der Waals surface area contributed by atoms with Crippen LogP contribution >= 0.6 is 23.5 Å². The first kappa shape index (κ1) is 22.7. The Kier molecular flexibility index (Phi) is 8.24. The van der Waals surface area contributed by atoms with E-state index in [9.17, 15) is 4.79 Å². The average Bonchev–Trinajstić information content (AvgIpc) is 3.23. The average molecular weight is 445 g/mol. The fourth-order valence-electron chi connectivity index (χ4n) is 3.48. The Morgan fingerprint density at radius 1 is 1.17 bits per heavy atom. The minimum atomic E-state index is -0.133. The molecule has 0 fully saturated rings. The molecule has 0 radical (unpaired) electrons. The molecule has 0 aliphatic carbocycles. The van der Waals surface area contributed by atoms with E-state index in [1.807, 2.05) is 54.7 Å². The molecule has 1 aromatic carbocycles. The topological polar surface area (TPSA) is 48.7 Å². The second-order valence-electron chi connectivity index (χ2n) is 7.00. The van der Waals surface area contributed by atoms with Gasteiger partial charge < -0.3 is 13.9 Å². The molecule has 1 aliphatic heterocycles. The summed E-state index contributed by atoms with van der Waals surface area (Å²) in [6, 6.07) is 10.0. The molecule has 160 valence electrons. The predicted molar refractivity (Wildman–Crippen MR) is 124 cm³/mol. The first-order valence-corrected chi connectivity index (χ1v) is 12.7. The molecule has 1 aromatic heterocycles. The number of unbranched alkanes of at least 4 members (excludes halogenated alkanes) is 1. The molecule has 0 N–H and O–H groups in total.